The maximum atomic E-state index is 2.58. The highest BCUT2D eigenvalue weighted by Crippen LogP contribution is 2.54. The van der Waals surface area contributed by atoms with Gasteiger partial charge in [-0.3, -0.25) is 0 Å². The fraction of sp³-hybridized carbons (Fsp3) is 0.231. The maximum absolute atomic E-state index is 2.58. The Labute approximate surface area is 332 Å². The Hall–Kier alpha value is -6.00. The van der Waals surface area contributed by atoms with E-state index >= 15 is 0 Å². The Kier molecular flexibility index (Phi) is 8.69. The van der Waals surface area contributed by atoms with Crippen LogP contribution in [0, 0.1) is 0 Å². The van der Waals surface area contributed by atoms with Crippen LogP contribution in [0.5, 0.6) is 0 Å². The van der Waals surface area contributed by atoms with Gasteiger partial charge in [0.15, 0.2) is 0 Å². The minimum absolute atomic E-state index is 0.0108. The second-order valence-electron chi connectivity index (χ2n) is 17.0. The molecule has 1 aliphatic rings. The van der Waals surface area contributed by atoms with E-state index < -0.39 is 0 Å². The number of rotatable bonds is 9. The molecule has 0 fully saturated rings. The average Bonchev–Trinajstić information content (AvgIpc) is 3.20. The minimum atomic E-state index is 0.0108. The van der Waals surface area contributed by atoms with Crippen molar-refractivity contribution in [1.29, 1.82) is 0 Å². The molecule has 1 aliphatic carbocycles. The van der Waals surface area contributed by atoms with E-state index in [1.54, 1.807) is 0 Å². The quantitative estimate of drug-likeness (QED) is 0.137. The van der Waals surface area contributed by atoms with E-state index in [4.69, 9.17) is 0 Å². The lowest BCUT2D eigenvalue weighted by Crippen LogP contribution is -2.24. The standard InChI is InChI=1S/C52H52N4/c1-34(2)44-33-48(56(37-19-13-10-14-20-37)41-24-16-22-39(31-41)54(7)8)45-32-46-49-35(27-28-52(46,3)4)29-47(43-26-25-42(44)50(45)51(43)49)55(36-17-11-9-12-18-36)40-23-15-21-38(30-40)53(5)6/h9-26,29-34H,27-28H2,1-8H3. The van der Waals surface area contributed by atoms with Gasteiger partial charge in [0.25, 0.3) is 0 Å². The van der Waals surface area contributed by atoms with Gasteiger partial charge >= 0.3 is 0 Å². The average molecular weight is 733 g/mol. The maximum Gasteiger partial charge on any atom is 0.0543 e. The summed E-state index contributed by atoms with van der Waals surface area (Å²) in [7, 11) is 8.48. The van der Waals surface area contributed by atoms with Gasteiger partial charge in [-0.15, -0.1) is 0 Å². The van der Waals surface area contributed by atoms with Crippen LogP contribution in [0.4, 0.5) is 45.5 Å². The van der Waals surface area contributed by atoms with Gasteiger partial charge < -0.3 is 19.6 Å². The van der Waals surface area contributed by atoms with Gasteiger partial charge in [-0.05, 0) is 136 Å². The number of hydrogen-bond donors (Lipinski definition) is 0. The molecular weight excluding hydrogens is 681 g/mol. The summed E-state index contributed by atoms with van der Waals surface area (Å²) in [5.41, 5.74) is 13.7. The van der Waals surface area contributed by atoms with Gasteiger partial charge in [0.2, 0.25) is 0 Å². The first-order chi connectivity index (χ1) is 27.0. The molecule has 4 heteroatoms. The highest BCUT2D eigenvalue weighted by molar-refractivity contribution is 6.30. The zero-order valence-corrected chi connectivity index (χ0v) is 34.1. The van der Waals surface area contributed by atoms with Gasteiger partial charge in [-0.1, -0.05) is 88.4 Å². The van der Waals surface area contributed by atoms with Gasteiger partial charge in [-0.2, -0.15) is 0 Å². The summed E-state index contributed by atoms with van der Waals surface area (Å²) >= 11 is 0. The number of para-hydroxylation sites is 2. The normalized spacial score (nSPS) is 13.5. The Morgan fingerprint density at radius 1 is 0.464 bits per heavy atom. The number of anilines is 8. The van der Waals surface area contributed by atoms with Crippen LogP contribution in [0.2, 0.25) is 0 Å². The minimum Gasteiger partial charge on any atom is -0.378 e. The van der Waals surface area contributed by atoms with E-state index in [0.717, 1.165) is 35.6 Å². The molecule has 280 valence electrons. The van der Waals surface area contributed by atoms with Crippen LogP contribution in [-0.2, 0) is 11.8 Å². The fourth-order valence-corrected chi connectivity index (χ4v) is 9.16. The second kappa shape index (κ2) is 13.6. The molecule has 8 aromatic rings. The molecule has 0 saturated carbocycles. The topological polar surface area (TPSA) is 13.0 Å². The Bertz CT molecular complexity index is 2710. The summed E-state index contributed by atoms with van der Waals surface area (Å²) in [5, 5.41) is 8.13. The summed E-state index contributed by atoms with van der Waals surface area (Å²) in [6, 6.07) is 52.2. The first-order valence-electron chi connectivity index (χ1n) is 20.1. The first kappa shape index (κ1) is 35.7. The Balaban J connectivity index is 1.44. The van der Waals surface area contributed by atoms with Crippen LogP contribution >= 0.6 is 0 Å². The van der Waals surface area contributed by atoms with Crippen LogP contribution in [0.25, 0.3) is 32.3 Å². The molecule has 8 aromatic carbocycles. The molecule has 0 radical (unpaired) electrons. The molecule has 0 unspecified atom stereocenters. The van der Waals surface area contributed by atoms with Gasteiger partial charge in [-0.25, -0.2) is 0 Å². The van der Waals surface area contributed by atoms with Gasteiger partial charge in [0.1, 0.15) is 0 Å². The van der Waals surface area contributed by atoms with E-state index in [1.807, 2.05) is 0 Å². The van der Waals surface area contributed by atoms with Crippen LogP contribution < -0.4 is 19.6 Å². The molecule has 0 aliphatic heterocycles. The summed E-state index contributed by atoms with van der Waals surface area (Å²) in [6.07, 6.45) is 2.13. The smallest absolute Gasteiger partial charge is 0.0543 e. The first-order valence-corrected chi connectivity index (χ1v) is 20.1. The molecule has 0 heterocycles. The molecule has 0 atom stereocenters. The summed E-state index contributed by atoms with van der Waals surface area (Å²) in [5.74, 6) is 0.321. The number of nitrogens with zero attached hydrogens (tertiary/aromatic N) is 4. The largest absolute Gasteiger partial charge is 0.378 e. The van der Waals surface area contributed by atoms with E-state index in [9.17, 15) is 0 Å². The Morgan fingerprint density at radius 2 is 0.964 bits per heavy atom. The molecule has 0 spiro atoms. The third-order valence-electron chi connectivity index (χ3n) is 12.2. The van der Waals surface area contributed by atoms with Crippen molar-refractivity contribution < 1.29 is 0 Å². The van der Waals surface area contributed by atoms with Gasteiger partial charge in [0, 0.05) is 78.5 Å². The fourth-order valence-electron chi connectivity index (χ4n) is 9.16. The van der Waals surface area contributed by atoms with Crippen molar-refractivity contribution in [3.05, 3.63) is 156 Å². The van der Waals surface area contributed by atoms with E-state index in [2.05, 4.69) is 215 Å². The predicted octanol–water partition coefficient (Wildman–Crippen LogP) is 14.0. The number of aryl methyl sites for hydroxylation is 1. The van der Waals surface area contributed by atoms with E-state index in [0.29, 0.717) is 5.92 Å². The highest BCUT2D eigenvalue weighted by atomic mass is 15.2. The van der Waals surface area contributed by atoms with Gasteiger partial charge in [0.05, 0.1) is 11.4 Å². The van der Waals surface area contributed by atoms with Crippen molar-refractivity contribution in [2.75, 3.05) is 47.8 Å². The zero-order chi connectivity index (χ0) is 38.9. The number of hydrogen-bond acceptors (Lipinski definition) is 4. The molecule has 4 nitrogen and oxygen atoms in total. The predicted molar refractivity (Wildman–Crippen MR) is 244 cm³/mol. The highest BCUT2D eigenvalue weighted by Gasteiger charge is 2.34. The molecular formula is C52H52N4. The van der Waals surface area contributed by atoms with Crippen LogP contribution in [0.15, 0.2) is 140 Å². The van der Waals surface area contributed by atoms with Crippen molar-refractivity contribution in [2.24, 2.45) is 0 Å². The molecule has 0 aromatic heterocycles. The van der Waals surface area contributed by atoms with Crippen molar-refractivity contribution in [3.8, 4) is 0 Å². The summed E-state index contributed by atoms with van der Waals surface area (Å²) in [6.45, 7) is 9.60. The molecule has 9 rings (SSSR count). The summed E-state index contributed by atoms with van der Waals surface area (Å²) in [4.78, 5) is 9.37. The van der Waals surface area contributed by atoms with Crippen LogP contribution in [0.1, 0.15) is 56.7 Å². The molecule has 0 saturated heterocycles. The third kappa shape index (κ3) is 5.82. The van der Waals surface area contributed by atoms with Crippen molar-refractivity contribution >= 4 is 77.8 Å². The molecule has 0 bridgehead atoms. The molecule has 56 heavy (non-hydrogen) atoms. The van der Waals surface area contributed by atoms with Crippen molar-refractivity contribution in [3.63, 3.8) is 0 Å². The molecule has 0 amide bonds. The molecule has 0 N–H and O–H groups in total. The zero-order valence-electron chi connectivity index (χ0n) is 34.1. The lowest BCUT2D eigenvalue weighted by atomic mass is 9.70. The lowest BCUT2D eigenvalue weighted by Gasteiger charge is -2.37. The third-order valence-corrected chi connectivity index (χ3v) is 12.2. The van der Waals surface area contributed by atoms with Crippen LogP contribution in [-0.4, -0.2) is 28.2 Å². The monoisotopic (exact) mass is 732 g/mol. The van der Waals surface area contributed by atoms with Crippen molar-refractivity contribution in [1.82, 2.24) is 0 Å². The number of benzene rings is 8. The second-order valence-corrected chi connectivity index (χ2v) is 17.0. The van der Waals surface area contributed by atoms with E-state index in [-0.39, 0.29) is 5.41 Å². The summed E-state index contributed by atoms with van der Waals surface area (Å²) < 4.78 is 0. The van der Waals surface area contributed by atoms with E-state index in [1.165, 1.54) is 71.8 Å². The van der Waals surface area contributed by atoms with Crippen molar-refractivity contribution in [2.45, 2.75) is 51.9 Å². The lowest BCUT2D eigenvalue weighted by molar-refractivity contribution is 0.475. The Morgan fingerprint density at radius 3 is 1.50 bits per heavy atom. The SMILES string of the molecule is CC(C)c1cc(N(c2ccccc2)c2cccc(N(C)C)c2)c2cc3c4c(cc(N(c5ccccc5)c5cccc(N(C)C)c5)c5ccc1c2c54)CCC3(C)C. The van der Waals surface area contributed by atoms with Crippen LogP contribution in [0.3, 0.4) is 0 Å².